The summed E-state index contributed by atoms with van der Waals surface area (Å²) in [6.07, 6.45) is -5.30. The van der Waals surface area contributed by atoms with E-state index in [1.54, 1.807) is 32.0 Å². The molecule has 1 aliphatic rings. The molecule has 0 saturated carbocycles. The van der Waals surface area contributed by atoms with E-state index in [2.05, 4.69) is 4.72 Å². The number of fused-ring (bicyclic) bond motifs is 1. The summed E-state index contributed by atoms with van der Waals surface area (Å²) >= 11 is 0. The first-order valence-electron chi connectivity index (χ1n) is 15.3. The van der Waals surface area contributed by atoms with Gasteiger partial charge in [0.1, 0.15) is 5.75 Å². The van der Waals surface area contributed by atoms with Gasteiger partial charge >= 0.3 is 6.18 Å². The lowest BCUT2D eigenvalue weighted by Crippen LogP contribution is -2.48. The van der Waals surface area contributed by atoms with Crippen LogP contribution in [0.15, 0.2) is 53.4 Å². The molecule has 0 unspecified atom stereocenters. The highest BCUT2D eigenvalue weighted by Gasteiger charge is 2.32. The van der Waals surface area contributed by atoms with Gasteiger partial charge in [0.2, 0.25) is 5.91 Å². The lowest BCUT2D eigenvalue weighted by atomic mass is 10.0. The lowest BCUT2D eigenvalue weighted by molar-refractivity contribution is -0.149. The van der Waals surface area contributed by atoms with Crippen LogP contribution < -0.4 is 9.46 Å². The first-order chi connectivity index (χ1) is 21.6. The Morgan fingerprint density at radius 3 is 2.50 bits per heavy atom. The Bertz CT molecular complexity index is 1410. The molecule has 2 amide bonds. The summed E-state index contributed by atoms with van der Waals surface area (Å²) in [6, 6.07) is 11.6. The summed E-state index contributed by atoms with van der Waals surface area (Å²) in [7, 11) is -2.54. The van der Waals surface area contributed by atoms with Crippen molar-refractivity contribution in [2.45, 2.75) is 82.2 Å². The van der Waals surface area contributed by atoms with Crippen LogP contribution in [0.25, 0.3) is 0 Å². The number of ether oxygens (including phenoxy) is 2. The molecule has 14 heteroatoms. The van der Waals surface area contributed by atoms with Crippen LogP contribution in [-0.2, 0) is 19.6 Å². The number of hydrogen-bond donors (Lipinski definition) is 2. The standard InChI is InChI=1S/C32H44F3N3O7S/c1-22-19-38(23(2)21-39)31(41)27-18-25(36-46(42,43)26-11-6-5-7-12-26)13-14-28(27)45-24(3)10-8-9-17-44-29(22)20-37(4)30(40)15-16-32(33,34)35/h5-7,11-14,18,22-24,29,36,39H,8-10,15-17,19-21H2,1-4H3/t22-,23-,24-,29+/m1/s1. The predicted octanol–water partition coefficient (Wildman–Crippen LogP) is 5.08. The summed E-state index contributed by atoms with van der Waals surface area (Å²) < 4.78 is 79.1. The maximum Gasteiger partial charge on any atom is 0.389 e. The molecule has 256 valence electrons. The van der Waals surface area contributed by atoms with Gasteiger partial charge in [0, 0.05) is 44.8 Å². The molecule has 1 aliphatic heterocycles. The van der Waals surface area contributed by atoms with Crippen molar-refractivity contribution in [2.24, 2.45) is 5.92 Å². The molecule has 2 N–H and O–H groups in total. The number of anilines is 1. The highest BCUT2D eigenvalue weighted by atomic mass is 32.2. The van der Waals surface area contributed by atoms with Gasteiger partial charge in [0.05, 0.1) is 41.7 Å². The van der Waals surface area contributed by atoms with Crippen molar-refractivity contribution in [1.82, 2.24) is 9.80 Å². The Kier molecular flexibility index (Phi) is 13.3. The van der Waals surface area contributed by atoms with Gasteiger partial charge in [-0.3, -0.25) is 14.3 Å². The predicted molar refractivity (Wildman–Crippen MR) is 167 cm³/mol. The summed E-state index contributed by atoms with van der Waals surface area (Å²) in [4.78, 5) is 29.4. The number of carbonyl (C=O) groups excluding carboxylic acids is 2. The minimum Gasteiger partial charge on any atom is -0.490 e. The maximum atomic E-state index is 14.2. The number of carbonyl (C=O) groups is 2. The number of nitrogens with zero attached hydrogens (tertiary/aromatic N) is 2. The van der Waals surface area contributed by atoms with Gasteiger partial charge < -0.3 is 24.4 Å². The fourth-order valence-corrected chi connectivity index (χ4v) is 6.14. The van der Waals surface area contributed by atoms with Gasteiger partial charge in [-0.25, -0.2) is 8.42 Å². The van der Waals surface area contributed by atoms with Crippen LogP contribution in [0.1, 0.15) is 63.2 Å². The maximum absolute atomic E-state index is 14.2. The molecule has 1 heterocycles. The Morgan fingerprint density at radius 2 is 1.85 bits per heavy atom. The summed E-state index contributed by atoms with van der Waals surface area (Å²) in [5.41, 5.74) is 0.222. The molecule has 2 aromatic rings. The molecule has 0 bridgehead atoms. The third-order valence-electron chi connectivity index (χ3n) is 7.86. The Labute approximate surface area is 268 Å². The third-order valence-corrected chi connectivity index (χ3v) is 9.26. The van der Waals surface area contributed by atoms with E-state index in [-0.39, 0.29) is 47.7 Å². The molecule has 0 radical (unpaired) electrons. The zero-order valence-corrected chi connectivity index (χ0v) is 27.4. The molecular weight excluding hydrogens is 627 g/mol. The number of rotatable bonds is 9. The van der Waals surface area contributed by atoms with Crippen molar-refractivity contribution in [1.29, 1.82) is 0 Å². The van der Waals surface area contributed by atoms with Crippen molar-refractivity contribution in [3.05, 3.63) is 54.1 Å². The second kappa shape index (κ2) is 16.5. The molecule has 0 aromatic heterocycles. The van der Waals surface area contributed by atoms with Crippen LogP contribution in [0, 0.1) is 5.92 Å². The number of sulfonamides is 1. The van der Waals surface area contributed by atoms with Crippen LogP contribution in [0.3, 0.4) is 0 Å². The fraction of sp³-hybridized carbons (Fsp3) is 0.562. The molecule has 46 heavy (non-hydrogen) atoms. The number of aliphatic hydroxyl groups excluding tert-OH is 1. The van der Waals surface area contributed by atoms with Crippen LogP contribution >= 0.6 is 0 Å². The van der Waals surface area contributed by atoms with E-state index in [1.807, 2.05) is 6.92 Å². The molecule has 2 aromatic carbocycles. The van der Waals surface area contributed by atoms with E-state index in [4.69, 9.17) is 9.47 Å². The van der Waals surface area contributed by atoms with Crippen molar-refractivity contribution in [3.8, 4) is 5.75 Å². The quantitative estimate of drug-likeness (QED) is 0.381. The van der Waals surface area contributed by atoms with Gasteiger partial charge in [-0.15, -0.1) is 0 Å². The van der Waals surface area contributed by atoms with Crippen molar-refractivity contribution in [3.63, 3.8) is 0 Å². The van der Waals surface area contributed by atoms with Gasteiger partial charge in [-0.2, -0.15) is 13.2 Å². The average Bonchev–Trinajstić information content (AvgIpc) is 3.01. The fourth-order valence-electron chi connectivity index (χ4n) is 5.07. The molecule has 3 rings (SSSR count). The highest BCUT2D eigenvalue weighted by molar-refractivity contribution is 7.92. The third kappa shape index (κ3) is 10.9. The molecule has 0 spiro atoms. The van der Waals surface area contributed by atoms with E-state index < -0.39 is 58.9 Å². The second-order valence-electron chi connectivity index (χ2n) is 11.8. The molecule has 0 aliphatic carbocycles. The number of alkyl halides is 3. The summed E-state index contributed by atoms with van der Waals surface area (Å²) in [5, 5.41) is 10.1. The van der Waals surface area contributed by atoms with E-state index in [0.29, 0.717) is 25.9 Å². The van der Waals surface area contributed by atoms with Crippen LogP contribution in [0.2, 0.25) is 0 Å². The number of likely N-dealkylation sites (N-methyl/N-ethyl adjacent to an activating group) is 1. The van der Waals surface area contributed by atoms with Crippen LogP contribution in [0.5, 0.6) is 5.75 Å². The van der Waals surface area contributed by atoms with Gasteiger partial charge in [0.15, 0.2) is 0 Å². The zero-order chi connectivity index (χ0) is 34.1. The molecule has 4 atom stereocenters. The summed E-state index contributed by atoms with van der Waals surface area (Å²) in [5.74, 6) is -1.36. The van der Waals surface area contributed by atoms with Gasteiger partial charge in [-0.1, -0.05) is 25.1 Å². The lowest BCUT2D eigenvalue weighted by Gasteiger charge is -2.36. The topological polar surface area (TPSA) is 125 Å². The van der Waals surface area contributed by atoms with Crippen LogP contribution in [-0.4, -0.2) is 92.9 Å². The zero-order valence-electron chi connectivity index (χ0n) is 26.6. The minimum absolute atomic E-state index is 0.00884. The minimum atomic E-state index is -4.45. The van der Waals surface area contributed by atoms with Crippen molar-refractivity contribution < 1.29 is 45.8 Å². The van der Waals surface area contributed by atoms with Crippen molar-refractivity contribution >= 4 is 27.5 Å². The van der Waals surface area contributed by atoms with E-state index in [0.717, 1.165) is 0 Å². The van der Waals surface area contributed by atoms with E-state index >= 15 is 0 Å². The number of halogens is 3. The van der Waals surface area contributed by atoms with E-state index in [1.165, 1.54) is 47.2 Å². The first kappa shape index (κ1) is 37.1. The smallest absolute Gasteiger partial charge is 0.389 e. The number of benzene rings is 2. The van der Waals surface area contributed by atoms with Gasteiger partial charge in [-0.05, 0) is 63.4 Å². The van der Waals surface area contributed by atoms with Crippen molar-refractivity contribution in [2.75, 3.05) is 38.1 Å². The average molecular weight is 672 g/mol. The monoisotopic (exact) mass is 671 g/mol. The molecule has 0 fully saturated rings. The highest BCUT2D eigenvalue weighted by Crippen LogP contribution is 2.30. The largest absolute Gasteiger partial charge is 0.490 e. The van der Waals surface area contributed by atoms with E-state index in [9.17, 15) is 36.3 Å². The normalized spacial score (nSPS) is 21.0. The Morgan fingerprint density at radius 1 is 1.15 bits per heavy atom. The SMILES string of the molecule is C[C@@H]1CCCCO[C@@H](CN(C)C(=O)CCC(F)(F)F)[C@H](C)CN([C@H](C)CO)C(=O)c2cc(NS(=O)(=O)c3ccccc3)ccc2O1. The Balaban J connectivity index is 1.95. The molecule has 10 nitrogen and oxygen atoms in total. The number of aliphatic hydroxyl groups is 1. The number of amides is 2. The van der Waals surface area contributed by atoms with Crippen LogP contribution in [0.4, 0.5) is 18.9 Å². The summed E-state index contributed by atoms with van der Waals surface area (Å²) in [6.45, 7) is 5.33. The number of hydrogen-bond acceptors (Lipinski definition) is 7. The number of nitrogens with one attached hydrogen (secondary N) is 1. The molecule has 0 saturated heterocycles. The Hall–Kier alpha value is -3.36. The second-order valence-corrected chi connectivity index (χ2v) is 13.5. The van der Waals surface area contributed by atoms with Gasteiger partial charge in [0.25, 0.3) is 15.9 Å². The first-order valence-corrected chi connectivity index (χ1v) is 16.8. The molecular formula is C32H44F3N3O7S.